The van der Waals surface area contributed by atoms with Crippen LogP contribution in [0.25, 0.3) is 0 Å². The molecule has 0 aliphatic rings. The van der Waals surface area contributed by atoms with Crippen LogP contribution in [0, 0.1) is 16.5 Å². The minimum absolute atomic E-state index is 0.0793. The SMILES string of the molecule is CCOc1cccc(Oc2ccc[n+]([O-])c2C#N)c1. The van der Waals surface area contributed by atoms with E-state index >= 15 is 0 Å². The Kier molecular flexibility index (Phi) is 3.84. The number of nitriles is 1. The van der Waals surface area contributed by atoms with Gasteiger partial charge in [-0.3, -0.25) is 0 Å². The molecule has 0 spiro atoms. The maximum absolute atomic E-state index is 11.4. The lowest BCUT2D eigenvalue weighted by Gasteiger charge is -2.08. The molecule has 5 nitrogen and oxygen atoms in total. The first-order valence-electron chi connectivity index (χ1n) is 5.77. The van der Waals surface area contributed by atoms with Gasteiger partial charge in [0, 0.05) is 12.1 Å². The average Bonchev–Trinajstić information content (AvgIpc) is 2.40. The van der Waals surface area contributed by atoms with E-state index in [1.54, 1.807) is 30.3 Å². The number of benzene rings is 1. The van der Waals surface area contributed by atoms with E-state index in [2.05, 4.69) is 0 Å². The van der Waals surface area contributed by atoms with E-state index in [-0.39, 0.29) is 11.4 Å². The summed E-state index contributed by atoms with van der Waals surface area (Å²) in [4.78, 5) is 0. The van der Waals surface area contributed by atoms with E-state index in [4.69, 9.17) is 14.7 Å². The Hall–Kier alpha value is -2.74. The first-order valence-corrected chi connectivity index (χ1v) is 5.77. The van der Waals surface area contributed by atoms with E-state index in [1.807, 2.05) is 13.0 Å². The molecule has 0 aliphatic carbocycles. The number of pyridine rings is 1. The van der Waals surface area contributed by atoms with Crippen molar-refractivity contribution in [1.82, 2.24) is 0 Å². The van der Waals surface area contributed by atoms with Gasteiger partial charge >= 0.3 is 5.69 Å². The van der Waals surface area contributed by atoms with Crippen LogP contribution >= 0.6 is 0 Å². The van der Waals surface area contributed by atoms with Crippen molar-refractivity contribution in [2.24, 2.45) is 0 Å². The van der Waals surface area contributed by atoms with Crippen molar-refractivity contribution >= 4 is 0 Å². The van der Waals surface area contributed by atoms with Crippen molar-refractivity contribution < 1.29 is 14.2 Å². The van der Waals surface area contributed by atoms with Crippen molar-refractivity contribution in [1.29, 1.82) is 5.26 Å². The van der Waals surface area contributed by atoms with Crippen LogP contribution in [0.3, 0.4) is 0 Å². The van der Waals surface area contributed by atoms with Gasteiger partial charge in [-0.25, -0.2) is 0 Å². The average molecular weight is 256 g/mol. The largest absolute Gasteiger partial charge is 0.618 e. The summed E-state index contributed by atoms with van der Waals surface area (Å²) in [5.74, 6) is 1.40. The van der Waals surface area contributed by atoms with E-state index in [1.165, 1.54) is 12.3 Å². The van der Waals surface area contributed by atoms with Gasteiger partial charge in [-0.15, -0.1) is 0 Å². The second-order valence-corrected chi connectivity index (χ2v) is 3.67. The molecular formula is C14H12N2O3. The quantitative estimate of drug-likeness (QED) is 0.622. The van der Waals surface area contributed by atoms with Crippen LogP contribution in [-0.2, 0) is 0 Å². The molecule has 96 valence electrons. The number of nitrogens with zero attached hydrogens (tertiary/aromatic N) is 2. The second kappa shape index (κ2) is 5.74. The van der Waals surface area contributed by atoms with Crippen LogP contribution in [0.4, 0.5) is 0 Å². The Morgan fingerprint density at radius 1 is 1.26 bits per heavy atom. The minimum atomic E-state index is -0.0793. The van der Waals surface area contributed by atoms with Gasteiger partial charge in [0.1, 0.15) is 11.5 Å². The summed E-state index contributed by atoms with van der Waals surface area (Å²) < 4.78 is 11.4. The first-order chi connectivity index (χ1) is 9.24. The maximum Gasteiger partial charge on any atom is 0.337 e. The Balaban J connectivity index is 2.29. The Labute approximate surface area is 110 Å². The Bertz CT molecular complexity index is 620. The Morgan fingerprint density at radius 3 is 2.79 bits per heavy atom. The number of rotatable bonds is 4. The number of aromatic nitrogens is 1. The monoisotopic (exact) mass is 256 g/mol. The smallest absolute Gasteiger partial charge is 0.337 e. The van der Waals surface area contributed by atoms with Crippen LogP contribution < -0.4 is 14.2 Å². The lowest BCUT2D eigenvalue weighted by atomic mass is 10.3. The molecule has 0 radical (unpaired) electrons. The molecule has 0 saturated heterocycles. The molecule has 5 heteroatoms. The van der Waals surface area contributed by atoms with Gasteiger partial charge in [0.15, 0.2) is 12.3 Å². The summed E-state index contributed by atoms with van der Waals surface area (Å²) >= 11 is 0. The van der Waals surface area contributed by atoms with Gasteiger partial charge in [-0.1, -0.05) is 6.07 Å². The molecule has 0 bridgehead atoms. The first kappa shape index (κ1) is 12.7. The normalized spacial score (nSPS) is 9.68. The lowest BCUT2D eigenvalue weighted by molar-refractivity contribution is -0.608. The van der Waals surface area contributed by atoms with Crippen LogP contribution in [0.15, 0.2) is 42.6 Å². The van der Waals surface area contributed by atoms with Crippen molar-refractivity contribution in [2.45, 2.75) is 6.92 Å². The molecular weight excluding hydrogens is 244 g/mol. The highest BCUT2D eigenvalue weighted by atomic mass is 16.5. The van der Waals surface area contributed by atoms with E-state index in [9.17, 15) is 5.21 Å². The molecule has 0 N–H and O–H groups in total. The third kappa shape index (κ3) is 2.93. The number of ether oxygens (including phenoxy) is 2. The second-order valence-electron chi connectivity index (χ2n) is 3.67. The molecule has 0 unspecified atom stereocenters. The fourth-order valence-electron chi connectivity index (χ4n) is 1.58. The van der Waals surface area contributed by atoms with Crippen LogP contribution in [0.1, 0.15) is 12.6 Å². The fourth-order valence-corrected chi connectivity index (χ4v) is 1.58. The van der Waals surface area contributed by atoms with Gasteiger partial charge in [0.05, 0.1) is 6.61 Å². The highest BCUT2D eigenvalue weighted by molar-refractivity contribution is 5.40. The van der Waals surface area contributed by atoms with Crippen molar-refractivity contribution in [3.63, 3.8) is 0 Å². The topological polar surface area (TPSA) is 69.2 Å². The molecule has 1 aromatic carbocycles. The zero-order valence-corrected chi connectivity index (χ0v) is 10.4. The van der Waals surface area contributed by atoms with Gasteiger partial charge < -0.3 is 14.7 Å². The van der Waals surface area contributed by atoms with Crippen molar-refractivity contribution in [3.8, 4) is 23.3 Å². The number of hydrogen-bond acceptors (Lipinski definition) is 4. The van der Waals surface area contributed by atoms with Crippen LogP contribution in [0.2, 0.25) is 0 Å². The number of hydrogen-bond donors (Lipinski definition) is 0. The summed E-state index contributed by atoms with van der Waals surface area (Å²) in [5.41, 5.74) is -0.0793. The summed E-state index contributed by atoms with van der Waals surface area (Å²) in [5, 5.41) is 20.4. The van der Waals surface area contributed by atoms with Gasteiger partial charge in [-0.05, 0) is 25.1 Å². The zero-order valence-electron chi connectivity index (χ0n) is 10.4. The van der Waals surface area contributed by atoms with Crippen LogP contribution in [0.5, 0.6) is 17.2 Å². The summed E-state index contributed by atoms with van der Waals surface area (Å²) in [6, 6.07) is 11.9. The summed E-state index contributed by atoms with van der Waals surface area (Å²) in [7, 11) is 0. The fraction of sp³-hybridized carbons (Fsp3) is 0.143. The van der Waals surface area contributed by atoms with E-state index < -0.39 is 0 Å². The predicted octanol–water partition coefficient (Wildman–Crippen LogP) is 2.38. The standard InChI is InChI=1S/C14H12N2O3/c1-2-18-11-5-3-6-12(9-11)19-14-7-4-8-16(17)13(14)10-15/h3-9H,2H2,1H3. The third-order valence-corrected chi connectivity index (χ3v) is 2.37. The predicted molar refractivity (Wildman–Crippen MR) is 67.8 cm³/mol. The molecule has 0 aliphatic heterocycles. The van der Waals surface area contributed by atoms with Gasteiger partial charge in [0.25, 0.3) is 0 Å². The van der Waals surface area contributed by atoms with E-state index in [0.29, 0.717) is 22.8 Å². The van der Waals surface area contributed by atoms with E-state index in [0.717, 1.165) is 0 Å². The minimum Gasteiger partial charge on any atom is -0.618 e. The molecule has 0 fully saturated rings. The highest BCUT2D eigenvalue weighted by Gasteiger charge is 2.13. The van der Waals surface area contributed by atoms with Crippen LogP contribution in [-0.4, -0.2) is 6.61 Å². The molecule has 2 aromatic rings. The molecule has 2 rings (SSSR count). The molecule has 0 saturated carbocycles. The summed E-state index contributed by atoms with van der Waals surface area (Å²) in [6.45, 7) is 2.44. The molecule has 1 heterocycles. The van der Waals surface area contributed by atoms with Crippen molar-refractivity contribution in [3.05, 3.63) is 53.5 Å². The van der Waals surface area contributed by atoms with Gasteiger partial charge in [0.2, 0.25) is 5.75 Å². The third-order valence-electron chi connectivity index (χ3n) is 2.37. The molecule has 0 amide bonds. The maximum atomic E-state index is 11.4. The molecule has 1 aromatic heterocycles. The van der Waals surface area contributed by atoms with Gasteiger partial charge in [-0.2, -0.15) is 9.99 Å². The molecule has 0 atom stereocenters. The zero-order chi connectivity index (χ0) is 13.7. The van der Waals surface area contributed by atoms with Crippen molar-refractivity contribution in [2.75, 3.05) is 6.61 Å². The Morgan fingerprint density at radius 2 is 2.05 bits per heavy atom. The molecule has 19 heavy (non-hydrogen) atoms. The highest BCUT2D eigenvalue weighted by Crippen LogP contribution is 2.26. The summed E-state index contributed by atoms with van der Waals surface area (Å²) in [6.07, 6.45) is 1.25. The lowest BCUT2D eigenvalue weighted by Crippen LogP contribution is -2.29.